The summed E-state index contributed by atoms with van der Waals surface area (Å²) in [5.41, 5.74) is -1.64. The van der Waals surface area contributed by atoms with Crippen molar-refractivity contribution in [1.82, 2.24) is 10.3 Å². The molecule has 0 spiro atoms. The van der Waals surface area contributed by atoms with Crippen molar-refractivity contribution in [1.29, 1.82) is 0 Å². The van der Waals surface area contributed by atoms with E-state index < -0.39 is 29.4 Å². The highest BCUT2D eigenvalue weighted by Gasteiger charge is 2.36. The lowest BCUT2D eigenvalue weighted by Gasteiger charge is -2.20. The van der Waals surface area contributed by atoms with Gasteiger partial charge < -0.3 is 5.32 Å². The van der Waals surface area contributed by atoms with E-state index in [0.717, 1.165) is 12.3 Å². The summed E-state index contributed by atoms with van der Waals surface area (Å²) in [6.07, 6.45) is -2.60. The van der Waals surface area contributed by atoms with Crippen LogP contribution in [0.15, 0.2) is 36.7 Å². The van der Waals surface area contributed by atoms with E-state index in [1.54, 1.807) is 0 Å². The van der Waals surface area contributed by atoms with E-state index in [2.05, 4.69) is 10.3 Å². The number of nitrogens with one attached hydrogen (secondary N) is 1. The molecule has 2 aromatic rings. The summed E-state index contributed by atoms with van der Waals surface area (Å²) < 4.78 is 66.1. The topological polar surface area (TPSA) is 24.9 Å². The first kappa shape index (κ1) is 15.4. The monoisotopic (exact) mass is 302 g/mol. The fourth-order valence-corrected chi connectivity index (χ4v) is 2.09. The zero-order valence-corrected chi connectivity index (χ0v) is 10.9. The van der Waals surface area contributed by atoms with Crippen LogP contribution in [0.1, 0.15) is 22.7 Å². The number of hydrogen-bond donors (Lipinski definition) is 1. The van der Waals surface area contributed by atoms with Gasteiger partial charge >= 0.3 is 6.18 Å². The minimum atomic E-state index is -4.81. The van der Waals surface area contributed by atoms with Gasteiger partial charge in [-0.15, -0.1) is 0 Å². The number of nitrogens with zero attached hydrogens (tertiary/aromatic N) is 1. The molecule has 0 bridgehead atoms. The van der Waals surface area contributed by atoms with Gasteiger partial charge in [0.1, 0.15) is 11.6 Å². The molecule has 0 aliphatic carbocycles. The van der Waals surface area contributed by atoms with Crippen LogP contribution in [0.3, 0.4) is 0 Å². The molecule has 7 heteroatoms. The normalized spacial score (nSPS) is 13.2. The number of aromatic nitrogens is 1. The Labute approximate surface area is 117 Å². The zero-order chi connectivity index (χ0) is 15.6. The van der Waals surface area contributed by atoms with Crippen LogP contribution in [0.4, 0.5) is 22.0 Å². The summed E-state index contributed by atoms with van der Waals surface area (Å²) in [5.74, 6) is -2.14. The van der Waals surface area contributed by atoms with Gasteiger partial charge in [0.15, 0.2) is 0 Å². The third-order valence-corrected chi connectivity index (χ3v) is 3.05. The lowest BCUT2D eigenvalue weighted by molar-refractivity contribution is -0.140. The van der Waals surface area contributed by atoms with Crippen molar-refractivity contribution in [3.8, 4) is 0 Å². The summed E-state index contributed by atoms with van der Waals surface area (Å²) in [5, 5.41) is 2.62. The molecule has 112 valence electrons. The molecule has 0 radical (unpaired) electrons. The van der Waals surface area contributed by atoms with Crippen LogP contribution in [-0.2, 0) is 6.18 Å². The minimum Gasteiger partial charge on any atom is -0.309 e. The van der Waals surface area contributed by atoms with Crippen molar-refractivity contribution in [2.75, 3.05) is 7.05 Å². The molecular weight excluding hydrogens is 291 g/mol. The first-order chi connectivity index (χ1) is 9.86. The summed E-state index contributed by atoms with van der Waals surface area (Å²) in [7, 11) is 1.41. The third kappa shape index (κ3) is 3.02. The fourth-order valence-electron chi connectivity index (χ4n) is 2.09. The maximum absolute atomic E-state index is 14.1. The van der Waals surface area contributed by atoms with E-state index in [4.69, 9.17) is 0 Å². The highest BCUT2D eigenvalue weighted by Crippen LogP contribution is 2.35. The number of benzene rings is 1. The summed E-state index contributed by atoms with van der Waals surface area (Å²) >= 11 is 0. The number of alkyl halides is 3. The predicted octanol–water partition coefficient (Wildman–Crippen LogP) is 3.69. The molecule has 1 unspecified atom stereocenters. The Morgan fingerprint density at radius 3 is 2.38 bits per heavy atom. The molecule has 0 saturated heterocycles. The molecule has 2 nitrogen and oxygen atoms in total. The van der Waals surface area contributed by atoms with Gasteiger partial charge in [0.05, 0.1) is 17.8 Å². The second kappa shape index (κ2) is 5.77. The Hall–Kier alpha value is -2.02. The Bertz CT molecular complexity index is 640. The molecule has 0 aliphatic rings. The van der Waals surface area contributed by atoms with Gasteiger partial charge in [-0.05, 0) is 19.2 Å². The first-order valence-corrected chi connectivity index (χ1v) is 5.98. The first-order valence-electron chi connectivity index (χ1n) is 5.98. The summed E-state index contributed by atoms with van der Waals surface area (Å²) in [6, 6.07) is 3.16. The lowest BCUT2D eigenvalue weighted by atomic mass is 9.96. The van der Waals surface area contributed by atoms with Gasteiger partial charge in [-0.1, -0.05) is 12.1 Å². The van der Waals surface area contributed by atoms with Crippen molar-refractivity contribution in [2.24, 2.45) is 0 Å². The molecule has 0 amide bonds. The average Bonchev–Trinajstić information content (AvgIpc) is 2.42. The standard InChI is InChI=1S/C14H11F5N2/c1-20-13(8-5-6-21-7-11(8)15)9-3-2-4-10(12(9)16)14(17,18)19/h2-7,13,20H,1H3. The molecular formula is C14H11F5N2. The fraction of sp³-hybridized carbons (Fsp3) is 0.214. The van der Waals surface area contributed by atoms with Gasteiger partial charge in [-0.25, -0.2) is 8.78 Å². The van der Waals surface area contributed by atoms with Crippen molar-refractivity contribution in [3.05, 3.63) is 65.0 Å². The Balaban J connectivity index is 2.57. The zero-order valence-electron chi connectivity index (χ0n) is 10.9. The third-order valence-electron chi connectivity index (χ3n) is 3.05. The highest BCUT2D eigenvalue weighted by atomic mass is 19.4. The number of rotatable bonds is 3. The number of halogens is 5. The van der Waals surface area contributed by atoms with Gasteiger partial charge in [-0.2, -0.15) is 13.2 Å². The van der Waals surface area contributed by atoms with Crippen LogP contribution < -0.4 is 5.32 Å². The molecule has 0 fully saturated rings. The van der Waals surface area contributed by atoms with Gasteiger partial charge in [0.25, 0.3) is 0 Å². The van der Waals surface area contributed by atoms with E-state index in [1.807, 2.05) is 0 Å². The SMILES string of the molecule is CNC(c1ccncc1F)c1cccc(C(F)(F)F)c1F. The van der Waals surface area contributed by atoms with E-state index in [-0.39, 0.29) is 11.1 Å². The van der Waals surface area contributed by atoms with Crippen LogP contribution in [0.2, 0.25) is 0 Å². The molecule has 1 aromatic carbocycles. The maximum Gasteiger partial charge on any atom is 0.419 e. The number of hydrogen-bond acceptors (Lipinski definition) is 2. The van der Waals surface area contributed by atoms with Crippen LogP contribution in [0.25, 0.3) is 0 Å². The molecule has 2 rings (SSSR count). The highest BCUT2D eigenvalue weighted by molar-refractivity contribution is 5.36. The molecule has 1 aromatic heterocycles. The Kier molecular flexibility index (Phi) is 4.22. The van der Waals surface area contributed by atoms with Crippen molar-refractivity contribution in [3.63, 3.8) is 0 Å². The molecule has 0 saturated carbocycles. The van der Waals surface area contributed by atoms with Crippen molar-refractivity contribution < 1.29 is 22.0 Å². The van der Waals surface area contributed by atoms with Crippen LogP contribution in [0, 0.1) is 11.6 Å². The molecule has 1 atom stereocenters. The van der Waals surface area contributed by atoms with Gasteiger partial charge in [0.2, 0.25) is 0 Å². The van der Waals surface area contributed by atoms with E-state index in [9.17, 15) is 22.0 Å². The Morgan fingerprint density at radius 1 is 1.10 bits per heavy atom. The maximum atomic E-state index is 14.1. The van der Waals surface area contributed by atoms with Gasteiger partial charge in [0, 0.05) is 17.3 Å². The average molecular weight is 302 g/mol. The van der Waals surface area contributed by atoms with Crippen LogP contribution in [0.5, 0.6) is 0 Å². The minimum absolute atomic E-state index is 0.0192. The second-order valence-electron chi connectivity index (χ2n) is 4.33. The molecule has 21 heavy (non-hydrogen) atoms. The van der Waals surface area contributed by atoms with E-state index in [0.29, 0.717) is 6.07 Å². The van der Waals surface area contributed by atoms with Crippen LogP contribution >= 0.6 is 0 Å². The molecule has 1 heterocycles. The van der Waals surface area contributed by atoms with Crippen LogP contribution in [-0.4, -0.2) is 12.0 Å². The van der Waals surface area contributed by atoms with Crippen molar-refractivity contribution in [2.45, 2.75) is 12.2 Å². The van der Waals surface area contributed by atoms with E-state index >= 15 is 0 Å². The second-order valence-corrected chi connectivity index (χ2v) is 4.33. The molecule has 1 N–H and O–H groups in total. The van der Waals surface area contributed by atoms with E-state index in [1.165, 1.54) is 25.4 Å². The predicted molar refractivity (Wildman–Crippen MR) is 66.5 cm³/mol. The smallest absolute Gasteiger partial charge is 0.309 e. The largest absolute Gasteiger partial charge is 0.419 e. The summed E-state index contributed by atoms with van der Waals surface area (Å²) in [4.78, 5) is 3.56. The summed E-state index contributed by atoms with van der Waals surface area (Å²) in [6.45, 7) is 0. The quantitative estimate of drug-likeness (QED) is 0.875. The number of pyridine rings is 1. The van der Waals surface area contributed by atoms with Crippen molar-refractivity contribution >= 4 is 0 Å². The molecule has 0 aliphatic heterocycles. The van der Waals surface area contributed by atoms with Gasteiger partial charge in [-0.3, -0.25) is 4.98 Å². The lowest BCUT2D eigenvalue weighted by Crippen LogP contribution is -2.22. The Morgan fingerprint density at radius 2 is 1.81 bits per heavy atom.